The van der Waals surface area contributed by atoms with Crippen LogP contribution in [-0.2, 0) is 0 Å². The highest BCUT2D eigenvalue weighted by atomic mass is 15.2. The van der Waals surface area contributed by atoms with Crippen LogP contribution < -0.4 is 0 Å². The van der Waals surface area contributed by atoms with Crippen molar-refractivity contribution in [1.29, 1.82) is 0 Å². The summed E-state index contributed by atoms with van der Waals surface area (Å²) in [6.45, 7) is 7.04. The van der Waals surface area contributed by atoms with Crippen molar-refractivity contribution in [2.45, 2.75) is 38.6 Å². The number of hydrogen-bond acceptors (Lipinski definition) is 1. The van der Waals surface area contributed by atoms with Crippen LogP contribution in [0.25, 0.3) is 0 Å². The summed E-state index contributed by atoms with van der Waals surface area (Å²) in [4.78, 5) is 2.60. The summed E-state index contributed by atoms with van der Waals surface area (Å²) in [7, 11) is 0. The maximum Gasteiger partial charge on any atom is 0.00672 e. The van der Waals surface area contributed by atoms with Crippen molar-refractivity contribution in [3.63, 3.8) is 0 Å². The standard InChI is InChI=1S/C14H21N/c1-3-15-11-14(10-9-12(15)2)13-7-5-4-6-8-13/h4-8,12,14H,3,9-11H2,1-2H3/t12-,14-/m1/s1. The van der Waals surface area contributed by atoms with Gasteiger partial charge in [0.05, 0.1) is 0 Å². The Hall–Kier alpha value is -0.820. The Morgan fingerprint density at radius 1 is 1.20 bits per heavy atom. The molecule has 1 aliphatic heterocycles. The van der Waals surface area contributed by atoms with Gasteiger partial charge in [0.15, 0.2) is 0 Å². The Bertz CT molecular complexity index is 293. The molecule has 1 aromatic rings. The molecule has 1 aliphatic rings. The maximum atomic E-state index is 2.60. The third-order valence-electron chi connectivity index (χ3n) is 3.69. The first-order chi connectivity index (χ1) is 7.31. The van der Waals surface area contributed by atoms with Crippen molar-refractivity contribution >= 4 is 0 Å². The second kappa shape index (κ2) is 4.80. The van der Waals surface area contributed by atoms with Crippen LogP contribution in [0.5, 0.6) is 0 Å². The molecule has 82 valence electrons. The molecule has 1 fully saturated rings. The van der Waals surface area contributed by atoms with Gasteiger partial charge in [0.25, 0.3) is 0 Å². The van der Waals surface area contributed by atoms with Crippen molar-refractivity contribution in [2.75, 3.05) is 13.1 Å². The van der Waals surface area contributed by atoms with Gasteiger partial charge in [-0.2, -0.15) is 0 Å². The molecule has 0 spiro atoms. The molecule has 0 saturated carbocycles. The van der Waals surface area contributed by atoms with E-state index in [1.807, 2.05) is 0 Å². The van der Waals surface area contributed by atoms with Gasteiger partial charge in [0.2, 0.25) is 0 Å². The van der Waals surface area contributed by atoms with E-state index in [-0.39, 0.29) is 0 Å². The minimum atomic E-state index is 0.752. The summed E-state index contributed by atoms with van der Waals surface area (Å²) in [6, 6.07) is 11.7. The van der Waals surface area contributed by atoms with E-state index in [9.17, 15) is 0 Å². The van der Waals surface area contributed by atoms with E-state index in [0.29, 0.717) is 0 Å². The zero-order valence-corrected chi connectivity index (χ0v) is 9.82. The number of hydrogen-bond donors (Lipinski definition) is 0. The van der Waals surface area contributed by atoms with Crippen LogP contribution in [0.1, 0.15) is 38.2 Å². The fraction of sp³-hybridized carbons (Fsp3) is 0.571. The minimum Gasteiger partial charge on any atom is -0.300 e. The molecule has 0 unspecified atom stereocenters. The zero-order valence-electron chi connectivity index (χ0n) is 9.82. The summed E-state index contributed by atoms with van der Waals surface area (Å²) in [5.74, 6) is 0.752. The second-order valence-corrected chi connectivity index (χ2v) is 4.62. The van der Waals surface area contributed by atoms with E-state index >= 15 is 0 Å². The normalized spacial score (nSPS) is 27.9. The van der Waals surface area contributed by atoms with E-state index in [0.717, 1.165) is 12.0 Å². The molecule has 2 atom stereocenters. The van der Waals surface area contributed by atoms with E-state index in [4.69, 9.17) is 0 Å². The van der Waals surface area contributed by atoms with Gasteiger partial charge in [-0.15, -0.1) is 0 Å². The SMILES string of the molecule is CCN1C[C@H](c2ccccc2)CC[C@H]1C. The molecule has 0 bridgehead atoms. The van der Waals surface area contributed by atoms with Crippen molar-refractivity contribution < 1.29 is 0 Å². The third-order valence-corrected chi connectivity index (χ3v) is 3.69. The number of rotatable bonds is 2. The largest absolute Gasteiger partial charge is 0.300 e. The Morgan fingerprint density at radius 3 is 2.60 bits per heavy atom. The number of likely N-dealkylation sites (tertiary alicyclic amines) is 1. The average Bonchev–Trinajstić information content (AvgIpc) is 2.31. The Kier molecular flexibility index (Phi) is 3.42. The van der Waals surface area contributed by atoms with Gasteiger partial charge in [0, 0.05) is 12.6 Å². The number of likely N-dealkylation sites (N-methyl/N-ethyl adjacent to an activating group) is 1. The first-order valence-corrected chi connectivity index (χ1v) is 6.10. The number of piperidine rings is 1. The molecule has 0 amide bonds. The molecule has 0 N–H and O–H groups in total. The molecule has 1 heteroatoms. The predicted octanol–water partition coefficient (Wildman–Crippen LogP) is 3.27. The smallest absolute Gasteiger partial charge is 0.00672 e. The highest BCUT2D eigenvalue weighted by Crippen LogP contribution is 2.29. The minimum absolute atomic E-state index is 0.752. The molecule has 15 heavy (non-hydrogen) atoms. The first kappa shape index (κ1) is 10.7. The molecule has 0 aromatic heterocycles. The van der Waals surface area contributed by atoms with Gasteiger partial charge in [-0.1, -0.05) is 37.3 Å². The molecule has 1 saturated heterocycles. The lowest BCUT2D eigenvalue weighted by Crippen LogP contribution is -2.40. The Balaban J connectivity index is 2.06. The van der Waals surface area contributed by atoms with Gasteiger partial charge in [0.1, 0.15) is 0 Å². The quantitative estimate of drug-likeness (QED) is 0.713. The fourth-order valence-electron chi connectivity index (χ4n) is 2.62. The molecule has 0 aliphatic carbocycles. The van der Waals surface area contributed by atoms with E-state index in [2.05, 4.69) is 49.1 Å². The topological polar surface area (TPSA) is 3.24 Å². The molecule has 2 rings (SSSR count). The lowest BCUT2D eigenvalue weighted by atomic mass is 9.88. The van der Waals surface area contributed by atoms with Crippen molar-refractivity contribution in [3.05, 3.63) is 35.9 Å². The third kappa shape index (κ3) is 2.40. The predicted molar refractivity (Wildman–Crippen MR) is 65.1 cm³/mol. The molecular formula is C14H21N. The summed E-state index contributed by atoms with van der Waals surface area (Å²) in [5, 5.41) is 0. The summed E-state index contributed by atoms with van der Waals surface area (Å²) in [6.07, 6.45) is 2.69. The average molecular weight is 203 g/mol. The monoisotopic (exact) mass is 203 g/mol. The van der Waals surface area contributed by atoms with Crippen LogP contribution in [0.15, 0.2) is 30.3 Å². The molecule has 1 aromatic carbocycles. The molecule has 1 nitrogen and oxygen atoms in total. The van der Waals surface area contributed by atoms with Crippen LogP contribution in [0, 0.1) is 0 Å². The van der Waals surface area contributed by atoms with Crippen molar-refractivity contribution in [2.24, 2.45) is 0 Å². The van der Waals surface area contributed by atoms with E-state index in [1.54, 1.807) is 0 Å². The van der Waals surface area contributed by atoms with Crippen LogP contribution in [-0.4, -0.2) is 24.0 Å². The summed E-state index contributed by atoms with van der Waals surface area (Å²) in [5.41, 5.74) is 1.52. The second-order valence-electron chi connectivity index (χ2n) is 4.62. The Morgan fingerprint density at radius 2 is 1.93 bits per heavy atom. The zero-order chi connectivity index (χ0) is 10.7. The van der Waals surface area contributed by atoms with Gasteiger partial charge in [-0.3, -0.25) is 0 Å². The molecule has 1 heterocycles. The van der Waals surface area contributed by atoms with Crippen LogP contribution in [0.4, 0.5) is 0 Å². The number of nitrogens with zero attached hydrogens (tertiary/aromatic N) is 1. The highest BCUT2D eigenvalue weighted by Gasteiger charge is 2.24. The lowest BCUT2D eigenvalue weighted by molar-refractivity contribution is 0.152. The van der Waals surface area contributed by atoms with Crippen LogP contribution >= 0.6 is 0 Å². The van der Waals surface area contributed by atoms with Crippen molar-refractivity contribution in [3.8, 4) is 0 Å². The van der Waals surface area contributed by atoms with Crippen molar-refractivity contribution in [1.82, 2.24) is 4.90 Å². The van der Waals surface area contributed by atoms with Gasteiger partial charge >= 0.3 is 0 Å². The lowest BCUT2D eigenvalue weighted by Gasteiger charge is -2.37. The van der Waals surface area contributed by atoms with E-state index < -0.39 is 0 Å². The van der Waals surface area contributed by atoms with Crippen LogP contribution in [0.3, 0.4) is 0 Å². The molecular weight excluding hydrogens is 182 g/mol. The van der Waals surface area contributed by atoms with Crippen LogP contribution in [0.2, 0.25) is 0 Å². The first-order valence-electron chi connectivity index (χ1n) is 6.10. The van der Waals surface area contributed by atoms with Gasteiger partial charge in [-0.25, -0.2) is 0 Å². The number of benzene rings is 1. The van der Waals surface area contributed by atoms with E-state index in [1.165, 1.54) is 31.5 Å². The maximum absolute atomic E-state index is 2.60. The summed E-state index contributed by atoms with van der Waals surface area (Å²) < 4.78 is 0. The van der Waals surface area contributed by atoms with Gasteiger partial charge < -0.3 is 4.90 Å². The van der Waals surface area contributed by atoms with Gasteiger partial charge in [-0.05, 0) is 37.8 Å². The summed E-state index contributed by atoms with van der Waals surface area (Å²) >= 11 is 0. The molecule has 0 radical (unpaired) electrons. The fourth-order valence-corrected chi connectivity index (χ4v) is 2.62. The Labute approximate surface area is 93.1 Å². The highest BCUT2D eigenvalue weighted by molar-refractivity contribution is 5.20.